The number of sulfonamides is 1. The molecule has 1 rings (SSSR count). The fourth-order valence-corrected chi connectivity index (χ4v) is 1.71. The maximum atomic E-state index is 11.2. The van der Waals surface area contributed by atoms with Gasteiger partial charge in [-0.15, -0.1) is 10.2 Å². The Morgan fingerprint density at radius 3 is 2.86 bits per heavy atom. The van der Waals surface area contributed by atoms with Crippen molar-refractivity contribution in [1.82, 2.24) is 30.7 Å². The summed E-state index contributed by atoms with van der Waals surface area (Å²) >= 11 is 0. The molecular formula is C5H12N6O2S. The van der Waals surface area contributed by atoms with Gasteiger partial charge in [0.15, 0.2) is 5.82 Å². The highest BCUT2D eigenvalue weighted by molar-refractivity contribution is 7.89. The second-order valence-electron chi connectivity index (χ2n) is 2.57. The van der Waals surface area contributed by atoms with Crippen LogP contribution in [0.15, 0.2) is 0 Å². The van der Waals surface area contributed by atoms with Crippen LogP contribution in [-0.2, 0) is 16.6 Å². The summed E-state index contributed by atoms with van der Waals surface area (Å²) in [7, 11) is -1.56. The molecule has 9 heteroatoms. The fourth-order valence-electron chi connectivity index (χ4n) is 0.740. The Hall–Kier alpha value is -1.06. The van der Waals surface area contributed by atoms with Gasteiger partial charge in [-0.3, -0.25) is 0 Å². The quantitative estimate of drug-likeness (QED) is 0.503. The maximum absolute atomic E-state index is 11.2. The average Bonchev–Trinajstić information content (AvgIpc) is 2.64. The van der Waals surface area contributed by atoms with Crippen molar-refractivity contribution in [2.75, 3.05) is 19.3 Å². The zero-order valence-corrected chi connectivity index (χ0v) is 8.50. The highest BCUT2D eigenvalue weighted by Gasteiger charge is 2.09. The van der Waals surface area contributed by atoms with E-state index in [4.69, 9.17) is 0 Å². The van der Waals surface area contributed by atoms with Crippen molar-refractivity contribution in [3.05, 3.63) is 5.82 Å². The minimum atomic E-state index is -3.25. The highest BCUT2D eigenvalue weighted by Crippen LogP contribution is 1.87. The Bertz CT molecular complexity index is 346. The van der Waals surface area contributed by atoms with Crippen molar-refractivity contribution in [1.29, 1.82) is 0 Å². The number of hydrogen-bond acceptors (Lipinski definition) is 6. The molecule has 0 amide bonds. The van der Waals surface area contributed by atoms with Crippen LogP contribution in [0.25, 0.3) is 0 Å². The van der Waals surface area contributed by atoms with Crippen LogP contribution in [0, 0.1) is 0 Å². The maximum Gasteiger partial charge on any atom is 0.213 e. The lowest BCUT2D eigenvalue weighted by Crippen LogP contribution is -2.30. The summed E-state index contributed by atoms with van der Waals surface area (Å²) in [5, 5.41) is 15.5. The number of nitrogens with one attached hydrogen (secondary N) is 3. The van der Waals surface area contributed by atoms with Gasteiger partial charge in [0.25, 0.3) is 0 Å². The van der Waals surface area contributed by atoms with Crippen LogP contribution in [0.5, 0.6) is 0 Å². The zero-order chi connectivity index (χ0) is 10.4. The summed E-state index contributed by atoms with van der Waals surface area (Å²) in [6.45, 7) is 0.462. The van der Waals surface area contributed by atoms with E-state index < -0.39 is 10.0 Å². The second kappa shape index (κ2) is 4.98. The second-order valence-corrected chi connectivity index (χ2v) is 4.50. The van der Waals surface area contributed by atoms with Gasteiger partial charge >= 0.3 is 0 Å². The molecule has 0 radical (unpaired) electrons. The fraction of sp³-hybridized carbons (Fsp3) is 0.800. The van der Waals surface area contributed by atoms with E-state index in [1.165, 1.54) is 0 Å². The molecule has 0 saturated heterocycles. The van der Waals surface area contributed by atoms with Gasteiger partial charge in [-0.1, -0.05) is 5.21 Å². The number of tetrazole rings is 1. The van der Waals surface area contributed by atoms with Gasteiger partial charge in [-0.2, -0.15) is 5.21 Å². The summed E-state index contributed by atoms with van der Waals surface area (Å²) in [6.07, 6.45) is 0. The highest BCUT2D eigenvalue weighted by atomic mass is 32.2. The van der Waals surface area contributed by atoms with Gasteiger partial charge < -0.3 is 5.32 Å². The predicted molar refractivity (Wildman–Crippen MR) is 48.7 cm³/mol. The van der Waals surface area contributed by atoms with Crippen LogP contribution < -0.4 is 10.0 Å². The lowest BCUT2D eigenvalue weighted by Gasteiger charge is -2.03. The lowest BCUT2D eigenvalue weighted by molar-refractivity contribution is 0.577. The topological polar surface area (TPSA) is 113 Å². The van der Waals surface area contributed by atoms with Crippen molar-refractivity contribution in [2.45, 2.75) is 6.54 Å². The van der Waals surface area contributed by atoms with E-state index >= 15 is 0 Å². The first-order valence-corrected chi connectivity index (χ1v) is 5.63. The van der Waals surface area contributed by atoms with Gasteiger partial charge in [0, 0.05) is 6.54 Å². The van der Waals surface area contributed by atoms with Crippen LogP contribution >= 0.6 is 0 Å². The molecule has 0 bridgehead atoms. The third kappa shape index (κ3) is 3.77. The first-order valence-electron chi connectivity index (χ1n) is 3.98. The molecule has 80 valence electrons. The van der Waals surface area contributed by atoms with E-state index in [1.54, 1.807) is 7.05 Å². The van der Waals surface area contributed by atoms with E-state index in [-0.39, 0.29) is 12.3 Å². The molecule has 0 saturated carbocycles. The Kier molecular flexibility index (Phi) is 3.92. The molecule has 0 unspecified atom stereocenters. The smallest absolute Gasteiger partial charge is 0.213 e. The summed E-state index contributed by atoms with van der Waals surface area (Å²) < 4.78 is 24.8. The van der Waals surface area contributed by atoms with Crippen LogP contribution in [0.3, 0.4) is 0 Å². The Morgan fingerprint density at radius 1 is 1.50 bits per heavy atom. The zero-order valence-electron chi connectivity index (χ0n) is 7.69. The minimum Gasteiger partial charge on any atom is -0.319 e. The van der Waals surface area contributed by atoms with Crippen molar-refractivity contribution in [2.24, 2.45) is 0 Å². The van der Waals surface area contributed by atoms with Gasteiger partial charge in [0.2, 0.25) is 10.0 Å². The predicted octanol–water partition coefficient (Wildman–Crippen LogP) is -2.16. The normalized spacial score (nSPS) is 11.8. The largest absolute Gasteiger partial charge is 0.319 e. The van der Waals surface area contributed by atoms with Gasteiger partial charge in [0.1, 0.15) is 0 Å². The van der Waals surface area contributed by atoms with Gasteiger partial charge in [0.05, 0.1) is 12.3 Å². The van der Waals surface area contributed by atoms with Crippen LogP contribution in [0.4, 0.5) is 0 Å². The molecule has 0 aliphatic carbocycles. The van der Waals surface area contributed by atoms with Gasteiger partial charge in [-0.05, 0) is 7.05 Å². The SMILES string of the molecule is CNCCS(=O)(=O)NCc1nn[nH]n1. The van der Waals surface area contributed by atoms with E-state index in [0.717, 1.165) is 0 Å². The average molecular weight is 220 g/mol. The summed E-state index contributed by atoms with van der Waals surface area (Å²) in [6, 6.07) is 0. The van der Waals surface area contributed by atoms with Crippen LogP contribution in [-0.4, -0.2) is 48.4 Å². The summed E-state index contributed by atoms with van der Waals surface area (Å²) in [4.78, 5) is 0. The Balaban J connectivity index is 2.37. The molecule has 0 spiro atoms. The van der Waals surface area contributed by atoms with E-state index in [0.29, 0.717) is 12.4 Å². The molecule has 1 aromatic rings. The minimum absolute atomic E-state index is 0.0291. The molecule has 1 aromatic heterocycles. The van der Waals surface area contributed by atoms with Crippen molar-refractivity contribution >= 4 is 10.0 Å². The van der Waals surface area contributed by atoms with Crippen molar-refractivity contribution in [3.63, 3.8) is 0 Å². The van der Waals surface area contributed by atoms with Crippen LogP contribution in [0.2, 0.25) is 0 Å². The molecule has 0 aliphatic rings. The number of nitrogens with zero attached hydrogens (tertiary/aromatic N) is 3. The first kappa shape index (κ1) is 11.0. The molecule has 3 N–H and O–H groups in total. The summed E-state index contributed by atoms with van der Waals surface area (Å²) in [5.41, 5.74) is 0. The van der Waals surface area contributed by atoms with E-state index in [2.05, 4.69) is 30.7 Å². The molecule has 14 heavy (non-hydrogen) atoms. The van der Waals surface area contributed by atoms with Crippen molar-refractivity contribution < 1.29 is 8.42 Å². The van der Waals surface area contributed by atoms with Gasteiger partial charge in [-0.25, -0.2) is 13.1 Å². The first-order chi connectivity index (χ1) is 6.64. The monoisotopic (exact) mass is 220 g/mol. The molecule has 0 atom stereocenters. The van der Waals surface area contributed by atoms with Crippen molar-refractivity contribution in [3.8, 4) is 0 Å². The molecule has 1 heterocycles. The number of rotatable bonds is 6. The Labute approximate surface area is 81.5 Å². The van der Waals surface area contributed by atoms with Crippen LogP contribution in [0.1, 0.15) is 5.82 Å². The standard InChI is InChI=1S/C5H12N6O2S/c1-6-2-3-14(12,13)7-4-5-8-10-11-9-5/h6-7H,2-4H2,1H3,(H,8,9,10,11). The van der Waals surface area contributed by atoms with E-state index in [1.807, 2.05) is 0 Å². The molecule has 0 aromatic carbocycles. The van der Waals surface area contributed by atoms with E-state index in [9.17, 15) is 8.42 Å². The number of H-pyrrole nitrogens is 1. The Morgan fingerprint density at radius 2 is 2.29 bits per heavy atom. The number of aromatic amines is 1. The number of aromatic nitrogens is 4. The number of hydrogen-bond donors (Lipinski definition) is 3. The third-order valence-corrected chi connectivity index (χ3v) is 2.79. The molecule has 0 fully saturated rings. The molecule has 8 nitrogen and oxygen atoms in total. The molecular weight excluding hydrogens is 208 g/mol. The summed E-state index contributed by atoms with van der Waals surface area (Å²) in [5.74, 6) is 0.347. The third-order valence-electron chi connectivity index (χ3n) is 1.46. The molecule has 0 aliphatic heterocycles. The lowest BCUT2D eigenvalue weighted by atomic mass is 10.7.